The minimum atomic E-state index is -0.301. The molecule has 2 aliphatic heterocycles. The summed E-state index contributed by atoms with van der Waals surface area (Å²) in [5.41, 5.74) is 0.632. The minimum Gasteiger partial charge on any atom is -0.368 e. The number of halogens is 1. The summed E-state index contributed by atoms with van der Waals surface area (Å²) >= 11 is 5.38. The third-order valence-electron chi connectivity index (χ3n) is 4.16. The Hall–Kier alpha value is -1.73. The number of nitrogens with zero attached hydrogens (tertiary/aromatic N) is 2. The normalized spacial score (nSPS) is 21.3. The summed E-state index contributed by atoms with van der Waals surface area (Å²) in [6.45, 7) is 3.27. The highest BCUT2D eigenvalue weighted by molar-refractivity contribution is 7.80. The molecule has 1 aromatic carbocycles. The molecular weight excluding hydrogens is 317 g/mol. The van der Waals surface area contributed by atoms with Gasteiger partial charge in [0.15, 0.2) is 5.11 Å². The van der Waals surface area contributed by atoms with E-state index in [-0.39, 0.29) is 17.8 Å². The smallest absolute Gasteiger partial charge is 0.251 e. The zero-order valence-electron chi connectivity index (χ0n) is 12.8. The quantitative estimate of drug-likeness (QED) is 0.835. The number of hydrogen-bond acceptors (Lipinski definition) is 3. The lowest BCUT2D eigenvalue weighted by atomic mass is 10.2. The largest absolute Gasteiger partial charge is 0.368 e. The van der Waals surface area contributed by atoms with Crippen molar-refractivity contribution < 1.29 is 13.9 Å². The first-order valence-electron chi connectivity index (χ1n) is 7.85. The van der Waals surface area contributed by atoms with Crippen LogP contribution in [-0.4, -0.2) is 59.7 Å². The van der Waals surface area contributed by atoms with Crippen molar-refractivity contribution in [2.45, 2.75) is 18.9 Å². The van der Waals surface area contributed by atoms with Crippen molar-refractivity contribution in [3.8, 4) is 0 Å². The molecule has 0 spiro atoms. The van der Waals surface area contributed by atoms with E-state index < -0.39 is 0 Å². The third kappa shape index (κ3) is 3.97. The van der Waals surface area contributed by atoms with Crippen molar-refractivity contribution in [2.75, 3.05) is 38.1 Å². The van der Waals surface area contributed by atoms with Gasteiger partial charge in [-0.15, -0.1) is 0 Å². The summed E-state index contributed by atoms with van der Waals surface area (Å²) in [6, 6.07) is 6.21. The highest BCUT2D eigenvalue weighted by Crippen LogP contribution is 2.16. The number of rotatable bonds is 2. The van der Waals surface area contributed by atoms with Crippen molar-refractivity contribution in [3.63, 3.8) is 0 Å². The molecule has 0 aromatic heterocycles. The second-order valence-electron chi connectivity index (χ2n) is 5.75. The van der Waals surface area contributed by atoms with Gasteiger partial charge in [-0.05, 0) is 43.3 Å². The molecule has 2 heterocycles. The third-order valence-corrected chi connectivity index (χ3v) is 4.52. The highest BCUT2D eigenvalue weighted by atomic mass is 32.1. The molecule has 7 heteroatoms. The van der Waals surface area contributed by atoms with Crippen LogP contribution < -0.4 is 5.32 Å². The summed E-state index contributed by atoms with van der Waals surface area (Å²) in [5, 5.41) is 3.60. The molecule has 0 saturated carbocycles. The summed E-state index contributed by atoms with van der Waals surface area (Å²) < 4.78 is 18.6. The van der Waals surface area contributed by atoms with E-state index >= 15 is 0 Å². The van der Waals surface area contributed by atoms with Crippen molar-refractivity contribution >= 4 is 28.9 Å². The van der Waals surface area contributed by atoms with Crippen molar-refractivity contribution in [1.82, 2.24) is 9.80 Å². The number of benzene rings is 1. The Morgan fingerprint density at radius 3 is 2.65 bits per heavy atom. The number of hydrogen-bond donors (Lipinski definition) is 1. The first kappa shape index (κ1) is 16.1. The standard InChI is InChI=1S/C16H20FN3O2S/c17-12-3-1-4-13(11-12)18-16(23)20-8-6-19(7-9-20)15(21)14-5-2-10-22-14/h1,3-4,11,14H,2,5-10H2,(H,18,23)/t14-/m1/s1. The van der Waals surface area contributed by atoms with Crippen LogP contribution in [0, 0.1) is 5.82 Å². The maximum absolute atomic E-state index is 13.2. The van der Waals surface area contributed by atoms with Gasteiger partial charge in [0.25, 0.3) is 5.91 Å². The fraction of sp³-hybridized carbons (Fsp3) is 0.500. The predicted octanol–water partition coefficient (Wildman–Crippen LogP) is 1.85. The predicted molar refractivity (Wildman–Crippen MR) is 89.7 cm³/mol. The molecule has 0 radical (unpaired) electrons. The van der Waals surface area contributed by atoms with Crippen LogP contribution in [0.1, 0.15) is 12.8 Å². The molecule has 2 saturated heterocycles. The first-order valence-corrected chi connectivity index (χ1v) is 8.26. The average molecular weight is 337 g/mol. The fourth-order valence-electron chi connectivity index (χ4n) is 2.87. The van der Waals surface area contributed by atoms with E-state index in [2.05, 4.69) is 5.32 Å². The van der Waals surface area contributed by atoms with E-state index in [1.807, 2.05) is 9.80 Å². The van der Waals surface area contributed by atoms with Crippen LogP contribution >= 0.6 is 12.2 Å². The minimum absolute atomic E-state index is 0.0890. The van der Waals surface area contributed by atoms with Gasteiger partial charge in [0.1, 0.15) is 11.9 Å². The monoisotopic (exact) mass is 337 g/mol. The molecule has 0 unspecified atom stereocenters. The van der Waals surface area contributed by atoms with Gasteiger partial charge in [0.2, 0.25) is 0 Å². The number of carbonyl (C=O) groups is 1. The number of anilines is 1. The molecule has 1 amide bonds. The van der Waals surface area contributed by atoms with Crippen molar-refractivity contribution in [2.24, 2.45) is 0 Å². The number of amides is 1. The molecule has 2 fully saturated rings. The highest BCUT2D eigenvalue weighted by Gasteiger charge is 2.30. The number of thiocarbonyl (C=S) groups is 1. The second-order valence-corrected chi connectivity index (χ2v) is 6.14. The van der Waals surface area contributed by atoms with E-state index in [4.69, 9.17) is 17.0 Å². The summed E-state index contributed by atoms with van der Waals surface area (Å²) in [5.74, 6) is -0.212. The Bertz CT molecular complexity index is 584. The SMILES string of the molecule is O=C([C@H]1CCCO1)N1CCN(C(=S)Nc2cccc(F)c2)CC1. The summed E-state index contributed by atoms with van der Waals surface area (Å²) in [6.07, 6.45) is 1.51. The maximum Gasteiger partial charge on any atom is 0.251 e. The van der Waals surface area contributed by atoms with Crippen LogP contribution in [0.15, 0.2) is 24.3 Å². The van der Waals surface area contributed by atoms with Gasteiger partial charge >= 0.3 is 0 Å². The van der Waals surface area contributed by atoms with Gasteiger partial charge < -0.3 is 19.9 Å². The number of carbonyl (C=O) groups excluding carboxylic acids is 1. The zero-order chi connectivity index (χ0) is 16.2. The topological polar surface area (TPSA) is 44.8 Å². The van der Waals surface area contributed by atoms with Crippen LogP contribution in [0.2, 0.25) is 0 Å². The Balaban J connectivity index is 1.50. The van der Waals surface area contributed by atoms with Crippen LogP contribution in [0.4, 0.5) is 10.1 Å². The van der Waals surface area contributed by atoms with Gasteiger partial charge in [0.05, 0.1) is 0 Å². The molecule has 0 aliphatic carbocycles. The Kier molecular flexibility index (Phi) is 5.07. The van der Waals surface area contributed by atoms with Gasteiger partial charge in [-0.1, -0.05) is 6.07 Å². The average Bonchev–Trinajstić information content (AvgIpc) is 3.09. The summed E-state index contributed by atoms with van der Waals surface area (Å²) in [4.78, 5) is 16.1. The second kappa shape index (κ2) is 7.23. The fourth-order valence-corrected chi connectivity index (χ4v) is 3.18. The van der Waals surface area contributed by atoms with Crippen molar-refractivity contribution in [1.29, 1.82) is 0 Å². The number of piperazine rings is 1. The zero-order valence-corrected chi connectivity index (χ0v) is 13.7. The molecule has 3 rings (SSSR count). The molecule has 1 N–H and O–H groups in total. The van der Waals surface area contributed by atoms with E-state index in [1.54, 1.807) is 12.1 Å². The molecule has 2 aliphatic rings. The van der Waals surface area contributed by atoms with Gasteiger partial charge in [-0.25, -0.2) is 4.39 Å². The summed E-state index contributed by atoms with van der Waals surface area (Å²) in [7, 11) is 0. The Morgan fingerprint density at radius 1 is 1.26 bits per heavy atom. The van der Waals surface area contributed by atoms with E-state index in [0.29, 0.717) is 43.6 Å². The lowest BCUT2D eigenvalue weighted by Crippen LogP contribution is -2.53. The Labute approximate surface area is 140 Å². The lowest BCUT2D eigenvalue weighted by Gasteiger charge is -2.37. The maximum atomic E-state index is 13.2. The number of nitrogens with one attached hydrogen (secondary N) is 1. The molecule has 23 heavy (non-hydrogen) atoms. The van der Waals surface area contributed by atoms with E-state index in [1.165, 1.54) is 12.1 Å². The van der Waals surface area contributed by atoms with Crippen LogP contribution in [0.5, 0.6) is 0 Å². The number of ether oxygens (including phenoxy) is 1. The van der Waals surface area contributed by atoms with Gasteiger partial charge in [-0.3, -0.25) is 4.79 Å². The van der Waals surface area contributed by atoms with Gasteiger partial charge in [0, 0.05) is 38.5 Å². The van der Waals surface area contributed by atoms with Crippen LogP contribution in [0.25, 0.3) is 0 Å². The molecule has 0 bridgehead atoms. The van der Waals surface area contributed by atoms with Gasteiger partial charge in [-0.2, -0.15) is 0 Å². The first-order chi connectivity index (χ1) is 11.1. The van der Waals surface area contributed by atoms with E-state index in [0.717, 1.165) is 12.8 Å². The van der Waals surface area contributed by atoms with Crippen LogP contribution in [0.3, 0.4) is 0 Å². The molecule has 1 aromatic rings. The lowest BCUT2D eigenvalue weighted by molar-refractivity contribution is -0.142. The van der Waals surface area contributed by atoms with Crippen LogP contribution in [-0.2, 0) is 9.53 Å². The molecule has 124 valence electrons. The van der Waals surface area contributed by atoms with E-state index in [9.17, 15) is 9.18 Å². The van der Waals surface area contributed by atoms with Crippen molar-refractivity contribution in [3.05, 3.63) is 30.1 Å². The molecular formula is C16H20FN3O2S. The molecule has 1 atom stereocenters. The Morgan fingerprint density at radius 2 is 2.00 bits per heavy atom. The molecule has 5 nitrogen and oxygen atoms in total.